The Hall–Kier alpha value is -3.49. The van der Waals surface area contributed by atoms with E-state index in [9.17, 15) is 0 Å². The Labute approximate surface area is 167 Å². The van der Waals surface area contributed by atoms with Gasteiger partial charge in [0, 0.05) is 29.3 Å². The van der Waals surface area contributed by atoms with Crippen molar-refractivity contribution in [1.82, 2.24) is 19.9 Å². The van der Waals surface area contributed by atoms with Gasteiger partial charge in [-0.2, -0.15) is 4.98 Å². The molecule has 0 atom stereocenters. The van der Waals surface area contributed by atoms with Crippen LogP contribution in [0.25, 0.3) is 11.3 Å². The molecule has 0 aliphatic heterocycles. The summed E-state index contributed by atoms with van der Waals surface area (Å²) < 4.78 is 21.3. The lowest BCUT2D eigenvalue weighted by Gasteiger charge is -2.28. The van der Waals surface area contributed by atoms with E-state index in [1.807, 2.05) is 6.07 Å². The zero-order chi connectivity index (χ0) is 20.4. The third kappa shape index (κ3) is 3.89. The molecular weight excluding hydrogens is 373 g/mol. The van der Waals surface area contributed by atoms with Crippen molar-refractivity contribution in [3.63, 3.8) is 0 Å². The van der Waals surface area contributed by atoms with Gasteiger partial charge in [-0.25, -0.2) is 14.4 Å². The summed E-state index contributed by atoms with van der Waals surface area (Å²) in [4.78, 5) is 16.1. The number of nitrogens with zero attached hydrogens (tertiary/aromatic N) is 4. The van der Waals surface area contributed by atoms with Crippen LogP contribution in [0.4, 0.5) is 22.0 Å². The van der Waals surface area contributed by atoms with Crippen LogP contribution >= 0.6 is 0 Å². The van der Waals surface area contributed by atoms with E-state index in [1.165, 1.54) is 12.4 Å². The summed E-state index contributed by atoms with van der Waals surface area (Å²) in [6.07, 6.45) is 8.03. The van der Waals surface area contributed by atoms with E-state index in [2.05, 4.69) is 19.9 Å². The van der Waals surface area contributed by atoms with Gasteiger partial charge in [0.15, 0.2) is 11.6 Å². The third-order valence-corrected chi connectivity index (χ3v) is 5.15. The van der Waals surface area contributed by atoms with Gasteiger partial charge in [-0.05, 0) is 24.8 Å². The molecule has 1 aromatic carbocycles. The SMILES string of the molecule is Nc1cnc(-c2ccc(C3CCC3)c(OCCc3cnc(N)nc3N)c2F)cn1. The van der Waals surface area contributed by atoms with Crippen LogP contribution in [0, 0.1) is 5.82 Å². The first kappa shape index (κ1) is 18.9. The number of nitrogen functional groups attached to an aromatic ring is 3. The van der Waals surface area contributed by atoms with E-state index >= 15 is 4.39 Å². The lowest BCUT2D eigenvalue weighted by atomic mass is 9.79. The predicted molar refractivity (Wildman–Crippen MR) is 108 cm³/mol. The van der Waals surface area contributed by atoms with E-state index in [0.717, 1.165) is 24.8 Å². The van der Waals surface area contributed by atoms with E-state index in [1.54, 1.807) is 12.3 Å². The largest absolute Gasteiger partial charge is 0.490 e. The average molecular weight is 395 g/mol. The summed E-state index contributed by atoms with van der Waals surface area (Å²) in [5.41, 5.74) is 19.3. The number of anilines is 3. The Morgan fingerprint density at radius 1 is 1.03 bits per heavy atom. The van der Waals surface area contributed by atoms with Gasteiger partial charge in [-0.3, -0.25) is 4.98 Å². The van der Waals surface area contributed by atoms with Crippen LogP contribution in [0.15, 0.2) is 30.7 Å². The van der Waals surface area contributed by atoms with E-state index in [-0.39, 0.29) is 24.1 Å². The average Bonchev–Trinajstić information content (AvgIpc) is 2.65. The topological polar surface area (TPSA) is 139 Å². The van der Waals surface area contributed by atoms with Gasteiger partial charge in [-0.1, -0.05) is 12.5 Å². The van der Waals surface area contributed by atoms with E-state index < -0.39 is 5.82 Å². The van der Waals surface area contributed by atoms with E-state index in [0.29, 0.717) is 35.0 Å². The minimum Gasteiger partial charge on any atom is -0.490 e. The number of aromatic nitrogens is 4. The van der Waals surface area contributed by atoms with Gasteiger partial charge in [0.1, 0.15) is 11.6 Å². The van der Waals surface area contributed by atoms with Crippen LogP contribution in [0.2, 0.25) is 0 Å². The van der Waals surface area contributed by atoms with Crippen molar-refractivity contribution >= 4 is 17.6 Å². The second kappa shape index (κ2) is 7.86. The van der Waals surface area contributed by atoms with Gasteiger partial charge < -0.3 is 21.9 Å². The molecule has 1 saturated carbocycles. The summed E-state index contributed by atoms with van der Waals surface area (Å²) in [6.45, 7) is 0.227. The maximum Gasteiger partial charge on any atom is 0.221 e. The fourth-order valence-electron chi connectivity index (χ4n) is 3.32. The lowest BCUT2D eigenvalue weighted by Crippen LogP contribution is -2.14. The van der Waals surface area contributed by atoms with Gasteiger partial charge in [0.25, 0.3) is 0 Å². The Bertz CT molecular complexity index is 1020. The summed E-state index contributed by atoms with van der Waals surface area (Å²) >= 11 is 0. The quantitative estimate of drug-likeness (QED) is 0.579. The molecule has 9 heteroatoms. The molecule has 8 nitrogen and oxygen atoms in total. The van der Waals surface area contributed by atoms with Crippen molar-refractivity contribution in [2.45, 2.75) is 31.6 Å². The maximum atomic E-state index is 15.4. The standard InChI is InChI=1S/C20H22FN7O/c21-17-14(15-9-26-16(22)10-25-15)5-4-13(11-2-1-3-11)18(17)29-7-6-12-8-27-20(24)28-19(12)23/h4-5,8-11H,1-3,6-7H2,(H2,22,26)(H4,23,24,27,28). The molecule has 1 fully saturated rings. The highest BCUT2D eigenvalue weighted by Gasteiger charge is 2.27. The first-order chi connectivity index (χ1) is 14.0. The van der Waals surface area contributed by atoms with Crippen LogP contribution in [-0.2, 0) is 6.42 Å². The molecule has 150 valence electrons. The third-order valence-electron chi connectivity index (χ3n) is 5.15. The number of hydrogen-bond acceptors (Lipinski definition) is 8. The van der Waals surface area contributed by atoms with Crippen molar-refractivity contribution in [3.8, 4) is 17.0 Å². The minimum atomic E-state index is -0.449. The van der Waals surface area contributed by atoms with Crippen LogP contribution < -0.4 is 21.9 Å². The molecule has 3 aromatic rings. The summed E-state index contributed by atoms with van der Waals surface area (Å²) in [7, 11) is 0. The Morgan fingerprint density at radius 2 is 1.86 bits per heavy atom. The number of benzene rings is 1. The van der Waals surface area contributed by atoms with Crippen LogP contribution in [-0.4, -0.2) is 26.5 Å². The number of hydrogen-bond donors (Lipinski definition) is 3. The molecule has 0 radical (unpaired) electrons. The Morgan fingerprint density at radius 3 is 2.52 bits per heavy atom. The molecule has 6 N–H and O–H groups in total. The Balaban J connectivity index is 1.60. The maximum absolute atomic E-state index is 15.4. The lowest BCUT2D eigenvalue weighted by molar-refractivity contribution is 0.292. The van der Waals surface area contributed by atoms with Gasteiger partial charge in [0.2, 0.25) is 5.95 Å². The molecule has 1 aliphatic rings. The number of ether oxygens (including phenoxy) is 1. The van der Waals surface area contributed by atoms with Crippen LogP contribution in [0.5, 0.6) is 5.75 Å². The van der Waals surface area contributed by atoms with Gasteiger partial charge in [0.05, 0.1) is 24.7 Å². The molecule has 4 rings (SSSR count). The molecule has 2 heterocycles. The molecule has 0 unspecified atom stereocenters. The highest BCUT2D eigenvalue weighted by atomic mass is 19.1. The van der Waals surface area contributed by atoms with Crippen LogP contribution in [0.3, 0.4) is 0 Å². The van der Waals surface area contributed by atoms with Gasteiger partial charge in [-0.15, -0.1) is 0 Å². The Kier molecular flexibility index (Phi) is 5.11. The zero-order valence-electron chi connectivity index (χ0n) is 15.8. The molecular formula is C20H22FN7O. The molecule has 1 aliphatic carbocycles. The summed E-state index contributed by atoms with van der Waals surface area (Å²) in [5.74, 6) is 0.793. The second-order valence-corrected chi connectivity index (χ2v) is 7.04. The van der Waals surface area contributed by atoms with Crippen molar-refractivity contribution < 1.29 is 9.13 Å². The fraction of sp³-hybridized carbons (Fsp3) is 0.300. The van der Waals surface area contributed by atoms with Crippen molar-refractivity contribution in [2.24, 2.45) is 0 Å². The second-order valence-electron chi connectivity index (χ2n) is 7.04. The summed E-state index contributed by atoms with van der Waals surface area (Å²) in [5, 5.41) is 0. The predicted octanol–water partition coefficient (Wildman–Crippen LogP) is 2.71. The minimum absolute atomic E-state index is 0.114. The smallest absolute Gasteiger partial charge is 0.221 e. The molecule has 0 amide bonds. The molecule has 2 aromatic heterocycles. The first-order valence-electron chi connectivity index (χ1n) is 9.43. The highest BCUT2D eigenvalue weighted by molar-refractivity contribution is 5.64. The highest BCUT2D eigenvalue weighted by Crippen LogP contribution is 2.43. The number of halogens is 1. The monoisotopic (exact) mass is 395 g/mol. The van der Waals surface area contributed by atoms with Crippen molar-refractivity contribution in [3.05, 3.63) is 47.7 Å². The molecule has 0 spiro atoms. The first-order valence-corrected chi connectivity index (χ1v) is 9.43. The molecule has 0 bridgehead atoms. The zero-order valence-corrected chi connectivity index (χ0v) is 15.8. The normalized spacial score (nSPS) is 13.8. The fourth-order valence-corrected chi connectivity index (χ4v) is 3.32. The van der Waals surface area contributed by atoms with Gasteiger partial charge >= 0.3 is 0 Å². The van der Waals surface area contributed by atoms with Crippen LogP contribution in [0.1, 0.15) is 36.3 Å². The molecule has 29 heavy (non-hydrogen) atoms. The number of nitrogens with two attached hydrogens (primary N) is 3. The number of rotatable bonds is 6. The van der Waals surface area contributed by atoms with Crippen molar-refractivity contribution in [1.29, 1.82) is 0 Å². The molecule has 0 saturated heterocycles. The summed E-state index contributed by atoms with van der Waals surface area (Å²) in [6, 6.07) is 3.64. The van der Waals surface area contributed by atoms with E-state index in [4.69, 9.17) is 21.9 Å². The van der Waals surface area contributed by atoms with Crippen molar-refractivity contribution in [2.75, 3.05) is 23.8 Å².